The first-order chi connectivity index (χ1) is 13.7. The molecule has 0 amide bonds. The van der Waals surface area contributed by atoms with Crippen LogP contribution in [0.15, 0.2) is 60.7 Å². The topological polar surface area (TPSA) is 35.5 Å². The van der Waals surface area contributed by atoms with Crippen molar-refractivity contribution >= 4 is 7.60 Å². The second-order valence-electron chi connectivity index (χ2n) is 7.33. The zero-order valence-corrected chi connectivity index (χ0v) is 18.1. The molecular formula is C24H35O3P. The molecule has 0 aliphatic carbocycles. The van der Waals surface area contributed by atoms with Crippen LogP contribution in [0.2, 0.25) is 0 Å². The third-order valence-electron chi connectivity index (χ3n) is 4.76. The number of para-hydroxylation sites is 2. The Morgan fingerprint density at radius 2 is 1.00 bits per heavy atom. The summed E-state index contributed by atoms with van der Waals surface area (Å²) in [5.41, 5.74) is 0. The summed E-state index contributed by atoms with van der Waals surface area (Å²) in [6, 6.07) is 18.6. The van der Waals surface area contributed by atoms with Gasteiger partial charge in [0.2, 0.25) is 0 Å². The maximum absolute atomic E-state index is 13.3. The smallest absolute Gasteiger partial charge is 0.416 e. The van der Waals surface area contributed by atoms with E-state index in [1.165, 1.54) is 51.4 Å². The first-order valence-electron chi connectivity index (χ1n) is 10.8. The maximum atomic E-state index is 13.3. The quantitative estimate of drug-likeness (QED) is 0.222. The Hall–Kier alpha value is -1.73. The predicted molar refractivity (Wildman–Crippen MR) is 118 cm³/mol. The lowest BCUT2D eigenvalue weighted by molar-refractivity contribution is 0.383. The summed E-state index contributed by atoms with van der Waals surface area (Å²) < 4.78 is 25.0. The molecule has 0 fully saturated rings. The number of hydrogen-bond donors (Lipinski definition) is 0. The zero-order chi connectivity index (χ0) is 19.9. The molecule has 0 heterocycles. The molecule has 4 heteroatoms. The van der Waals surface area contributed by atoms with Gasteiger partial charge in [-0.2, -0.15) is 0 Å². The highest BCUT2D eigenvalue weighted by molar-refractivity contribution is 7.54. The fourth-order valence-electron chi connectivity index (χ4n) is 3.19. The van der Waals surface area contributed by atoms with Crippen molar-refractivity contribution in [3.8, 4) is 11.5 Å². The molecule has 0 aromatic heterocycles. The molecular weight excluding hydrogens is 367 g/mol. The second-order valence-corrected chi connectivity index (χ2v) is 9.36. The standard InChI is InChI=1S/C24H35O3P/c1-2-3-4-5-6-7-8-9-10-17-22-28(25,26-23-18-13-11-14-19-23)27-24-20-15-12-16-21-24/h11-16,18-21H,2-10,17,22H2,1H3. The van der Waals surface area contributed by atoms with E-state index in [0.29, 0.717) is 17.7 Å². The van der Waals surface area contributed by atoms with Crippen LogP contribution in [0, 0.1) is 0 Å². The first kappa shape index (κ1) is 22.6. The highest BCUT2D eigenvalue weighted by atomic mass is 31.2. The van der Waals surface area contributed by atoms with Gasteiger partial charge in [0, 0.05) is 0 Å². The summed E-state index contributed by atoms with van der Waals surface area (Å²) in [4.78, 5) is 0. The van der Waals surface area contributed by atoms with E-state index in [-0.39, 0.29) is 0 Å². The average Bonchev–Trinajstić information content (AvgIpc) is 2.71. The van der Waals surface area contributed by atoms with E-state index in [2.05, 4.69) is 6.92 Å². The molecule has 0 atom stereocenters. The Labute approximate surface area is 171 Å². The highest BCUT2D eigenvalue weighted by Crippen LogP contribution is 2.49. The van der Waals surface area contributed by atoms with Gasteiger partial charge in [-0.15, -0.1) is 0 Å². The molecule has 0 saturated carbocycles. The lowest BCUT2D eigenvalue weighted by Gasteiger charge is -2.20. The van der Waals surface area contributed by atoms with Crippen molar-refractivity contribution in [2.24, 2.45) is 0 Å². The van der Waals surface area contributed by atoms with Crippen LogP contribution >= 0.6 is 7.60 Å². The maximum Gasteiger partial charge on any atom is 0.430 e. The number of benzene rings is 2. The molecule has 2 aromatic rings. The largest absolute Gasteiger partial charge is 0.430 e. The third-order valence-corrected chi connectivity index (χ3v) is 6.60. The van der Waals surface area contributed by atoms with Gasteiger partial charge in [-0.25, -0.2) is 4.57 Å². The van der Waals surface area contributed by atoms with E-state index in [1.807, 2.05) is 60.7 Å². The van der Waals surface area contributed by atoms with Gasteiger partial charge in [0.15, 0.2) is 0 Å². The van der Waals surface area contributed by atoms with Crippen molar-refractivity contribution in [2.45, 2.75) is 71.1 Å². The minimum absolute atomic E-state index is 0.438. The molecule has 0 radical (unpaired) electrons. The molecule has 2 aromatic carbocycles. The van der Waals surface area contributed by atoms with Crippen molar-refractivity contribution in [3.63, 3.8) is 0 Å². The fourth-order valence-corrected chi connectivity index (χ4v) is 4.90. The molecule has 0 saturated heterocycles. The van der Waals surface area contributed by atoms with Crippen LogP contribution in [0.3, 0.4) is 0 Å². The Balaban J connectivity index is 1.76. The Bertz CT molecular complexity index is 627. The van der Waals surface area contributed by atoms with Gasteiger partial charge in [0.25, 0.3) is 0 Å². The molecule has 0 aliphatic rings. The summed E-state index contributed by atoms with van der Waals surface area (Å²) >= 11 is 0. The molecule has 0 N–H and O–H groups in total. The molecule has 0 bridgehead atoms. The van der Waals surface area contributed by atoms with Crippen LogP contribution in [-0.4, -0.2) is 6.16 Å². The van der Waals surface area contributed by atoms with E-state index in [0.717, 1.165) is 12.8 Å². The Morgan fingerprint density at radius 1 is 0.607 bits per heavy atom. The summed E-state index contributed by atoms with van der Waals surface area (Å²) in [5.74, 6) is 1.18. The molecule has 3 nitrogen and oxygen atoms in total. The number of unbranched alkanes of at least 4 members (excludes halogenated alkanes) is 9. The van der Waals surface area contributed by atoms with Crippen LogP contribution in [0.4, 0.5) is 0 Å². The first-order valence-corrected chi connectivity index (χ1v) is 12.5. The van der Waals surface area contributed by atoms with Crippen molar-refractivity contribution in [1.82, 2.24) is 0 Å². The normalized spacial score (nSPS) is 11.3. The van der Waals surface area contributed by atoms with Crippen molar-refractivity contribution in [2.75, 3.05) is 6.16 Å². The minimum atomic E-state index is -3.24. The highest BCUT2D eigenvalue weighted by Gasteiger charge is 2.27. The lowest BCUT2D eigenvalue weighted by Crippen LogP contribution is -2.05. The van der Waals surface area contributed by atoms with Gasteiger partial charge in [0.05, 0.1) is 6.16 Å². The van der Waals surface area contributed by atoms with Gasteiger partial charge in [-0.3, -0.25) is 0 Å². The minimum Gasteiger partial charge on any atom is -0.416 e. The molecule has 0 spiro atoms. The van der Waals surface area contributed by atoms with Gasteiger partial charge >= 0.3 is 7.60 Å². The SMILES string of the molecule is CCCCCCCCCCCCP(=O)(Oc1ccccc1)Oc1ccccc1. The monoisotopic (exact) mass is 402 g/mol. The van der Waals surface area contributed by atoms with Crippen molar-refractivity contribution < 1.29 is 13.6 Å². The van der Waals surface area contributed by atoms with E-state index in [9.17, 15) is 4.57 Å². The summed E-state index contributed by atoms with van der Waals surface area (Å²) in [7, 11) is -3.24. The zero-order valence-electron chi connectivity index (χ0n) is 17.2. The second kappa shape index (κ2) is 13.4. The van der Waals surface area contributed by atoms with E-state index >= 15 is 0 Å². The van der Waals surface area contributed by atoms with Crippen LogP contribution in [0.1, 0.15) is 71.1 Å². The van der Waals surface area contributed by atoms with Crippen LogP contribution in [-0.2, 0) is 4.57 Å². The summed E-state index contributed by atoms with van der Waals surface area (Å²) in [5, 5.41) is 0. The molecule has 28 heavy (non-hydrogen) atoms. The van der Waals surface area contributed by atoms with E-state index < -0.39 is 7.60 Å². The molecule has 2 rings (SSSR count). The van der Waals surface area contributed by atoms with Crippen LogP contribution in [0.25, 0.3) is 0 Å². The number of hydrogen-bond acceptors (Lipinski definition) is 3. The van der Waals surface area contributed by atoms with Gasteiger partial charge in [-0.1, -0.05) is 101 Å². The number of rotatable bonds is 15. The van der Waals surface area contributed by atoms with Crippen molar-refractivity contribution in [3.05, 3.63) is 60.7 Å². The molecule has 154 valence electrons. The summed E-state index contributed by atoms with van der Waals surface area (Å²) in [6.07, 6.45) is 12.8. The van der Waals surface area contributed by atoms with Gasteiger partial charge < -0.3 is 9.05 Å². The third kappa shape index (κ3) is 9.46. The fraction of sp³-hybridized carbons (Fsp3) is 0.500. The lowest BCUT2D eigenvalue weighted by atomic mass is 10.1. The molecule has 0 unspecified atom stereocenters. The van der Waals surface area contributed by atoms with Crippen molar-refractivity contribution in [1.29, 1.82) is 0 Å². The van der Waals surface area contributed by atoms with E-state index in [1.54, 1.807) is 0 Å². The van der Waals surface area contributed by atoms with Gasteiger partial charge in [0.1, 0.15) is 11.5 Å². The Morgan fingerprint density at radius 3 is 1.43 bits per heavy atom. The van der Waals surface area contributed by atoms with E-state index in [4.69, 9.17) is 9.05 Å². The van der Waals surface area contributed by atoms with Gasteiger partial charge in [-0.05, 0) is 30.7 Å². The Kier molecular flexibility index (Phi) is 10.8. The molecule has 0 aliphatic heterocycles. The summed E-state index contributed by atoms with van der Waals surface area (Å²) in [6.45, 7) is 2.25. The van der Waals surface area contributed by atoms with Crippen LogP contribution < -0.4 is 9.05 Å². The van der Waals surface area contributed by atoms with Crippen LogP contribution in [0.5, 0.6) is 11.5 Å². The average molecular weight is 403 g/mol. The predicted octanol–water partition coefficient (Wildman–Crippen LogP) is 8.26.